The first-order valence-corrected chi connectivity index (χ1v) is 12.6. The fourth-order valence-corrected chi connectivity index (χ4v) is 6.57. The predicted molar refractivity (Wildman–Crippen MR) is 113 cm³/mol. The molecule has 0 N–H and O–H groups in total. The Morgan fingerprint density at radius 3 is 2.36 bits per heavy atom. The highest BCUT2D eigenvalue weighted by Gasteiger charge is 2.34. The van der Waals surface area contributed by atoms with E-state index in [1.165, 1.54) is 15.6 Å². The van der Waals surface area contributed by atoms with E-state index < -0.39 is 10.0 Å². The number of thiazole rings is 1. The molecule has 2 aliphatic rings. The van der Waals surface area contributed by atoms with Crippen LogP contribution in [0.5, 0.6) is 0 Å². The maximum absolute atomic E-state index is 13.0. The summed E-state index contributed by atoms with van der Waals surface area (Å²) in [6.07, 6.45) is 4.18. The van der Waals surface area contributed by atoms with Crippen LogP contribution in [0.25, 0.3) is 10.6 Å². The van der Waals surface area contributed by atoms with E-state index in [1.807, 2.05) is 29.2 Å². The highest BCUT2D eigenvalue weighted by molar-refractivity contribution is 9.10. The van der Waals surface area contributed by atoms with Crippen molar-refractivity contribution >= 4 is 43.2 Å². The zero-order chi connectivity index (χ0) is 19.7. The first-order chi connectivity index (χ1) is 13.4. The number of aromatic nitrogens is 1. The van der Waals surface area contributed by atoms with Gasteiger partial charge in [-0.2, -0.15) is 4.31 Å². The lowest BCUT2D eigenvalue weighted by Gasteiger charge is -2.34. The van der Waals surface area contributed by atoms with Crippen LogP contribution in [0.2, 0.25) is 0 Å². The van der Waals surface area contributed by atoms with Crippen molar-refractivity contribution < 1.29 is 13.2 Å². The number of sulfonamides is 1. The van der Waals surface area contributed by atoms with Crippen LogP contribution >= 0.6 is 27.3 Å². The first-order valence-electron chi connectivity index (χ1n) is 9.45. The summed E-state index contributed by atoms with van der Waals surface area (Å²) in [7, 11) is -3.64. The van der Waals surface area contributed by atoms with E-state index in [0.29, 0.717) is 31.2 Å². The van der Waals surface area contributed by atoms with Crippen LogP contribution in [0.3, 0.4) is 0 Å². The molecule has 0 bridgehead atoms. The number of piperazine rings is 1. The van der Waals surface area contributed by atoms with Crippen LogP contribution in [-0.4, -0.2) is 54.7 Å². The summed E-state index contributed by atoms with van der Waals surface area (Å²) in [6, 6.07) is 7.64. The van der Waals surface area contributed by atoms with Crippen molar-refractivity contribution in [3.8, 4) is 10.6 Å². The molecular formula is C19H22BrN3O3S2. The Bertz CT molecular complexity index is 945. The van der Waals surface area contributed by atoms with Gasteiger partial charge in [0.2, 0.25) is 5.91 Å². The van der Waals surface area contributed by atoms with Gasteiger partial charge < -0.3 is 4.90 Å². The number of hydrogen-bond donors (Lipinski definition) is 0. The molecule has 0 unspecified atom stereocenters. The van der Waals surface area contributed by atoms with Crippen molar-refractivity contribution in [1.82, 2.24) is 14.2 Å². The molecule has 1 saturated carbocycles. The van der Waals surface area contributed by atoms with Crippen molar-refractivity contribution in [3.05, 3.63) is 34.1 Å². The average Bonchev–Trinajstić information content (AvgIpc) is 3.40. The lowest BCUT2D eigenvalue weighted by atomic mass is 10.1. The molecule has 28 heavy (non-hydrogen) atoms. The number of carbonyl (C=O) groups is 1. The highest BCUT2D eigenvalue weighted by Crippen LogP contribution is 2.30. The highest BCUT2D eigenvalue weighted by atomic mass is 79.9. The molecule has 2 aromatic rings. The Morgan fingerprint density at radius 2 is 1.71 bits per heavy atom. The van der Waals surface area contributed by atoms with Crippen molar-refractivity contribution in [2.75, 3.05) is 26.2 Å². The molecule has 1 aliphatic heterocycles. The summed E-state index contributed by atoms with van der Waals surface area (Å²) in [5.74, 6) is 0.330. The maximum atomic E-state index is 13.0. The molecule has 150 valence electrons. The molecule has 1 amide bonds. The summed E-state index contributed by atoms with van der Waals surface area (Å²) in [5.41, 5.74) is 0.890. The van der Waals surface area contributed by atoms with Gasteiger partial charge in [0.25, 0.3) is 10.0 Å². The Labute approximate surface area is 177 Å². The first kappa shape index (κ1) is 20.0. The van der Waals surface area contributed by atoms with Gasteiger partial charge in [0.15, 0.2) is 5.03 Å². The van der Waals surface area contributed by atoms with Crippen LogP contribution in [0, 0.1) is 5.92 Å². The van der Waals surface area contributed by atoms with Gasteiger partial charge in [-0.25, -0.2) is 13.4 Å². The topological polar surface area (TPSA) is 70.6 Å². The van der Waals surface area contributed by atoms with Crippen molar-refractivity contribution in [2.45, 2.75) is 30.7 Å². The Balaban J connectivity index is 1.43. The Morgan fingerprint density at radius 1 is 1.07 bits per heavy atom. The minimum absolute atomic E-state index is 0.0889. The Kier molecular flexibility index (Phi) is 5.87. The van der Waals surface area contributed by atoms with Crippen molar-refractivity contribution in [1.29, 1.82) is 0 Å². The smallest absolute Gasteiger partial charge is 0.261 e. The monoisotopic (exact) mass is 483 g/mol. The fourth-order valence-electron chi connectivity index (χ4n) is 3.81. The van der Waals surface area contributed by atoms with Crippen LogP contribution in [0.1, 0.15) is 25.7 Å². The third kappa shape index (κ3) is 4.03. The van der Waals surface area contributed by atoms with Crippen molar-refractivity contribution in [2.24, 2.45) is 5.92 Å². The molecular weight excluding hydrogens is 462 g/mol. The van der Waals surface area contributed by atoms with Gasteiger partial charge in [0.05, 0.1) is 0 Å². The van der Waals surface area contributed by atoms with Crippen LogP contribution in [0.4, 0.5) is 0 Å². The lowest BCUT2D eigenvalue weighted by Crippen LogP contribution is -2.51. The van der Waals surface area contributed by atoms with E-state index in [2.05, 4.69) is 20.9 Å². The number of amides is 1. The summed E-state index contributed by atoms with van der Waals surface area (Å²) in [4.78, 5) is 18.8. The molecule has 4 rings (SSSR count). The molecule has 1 aromatic carbocycles. The molecule has 0 atom stereocenters. The van der Waals surface area contributed by atoms with Crippen LogP contribution in [0.15, 0.2) is 39.1 Å². The minimum Gasteiger partial charge on any atom is -0.340 e. The molecule has 2 fully saturated rings. The minimum atomic E-state index is -3.64. The van der Waals surface area contributed by atoms with Gasteiger partial charge in [-0.05, 0) is 25.0 Å². The third-order valence-electron chi connectivity index (χ3n) is 5.43. The normalized spacial score (nSPS) is 19.2. The molecule has 6 nitrogen and oxygen atoms in total. The zero-order valence-corrected chi connectivity index (χ0v) is 18.6. The Hall–Kier alpha value is -1.29. The van der Waals surface area contributed by atoms with E-state index in [4.69, 9.17) is 0 Å². The van der Waals surface area contributed by atoms with Gasteiger partial charge >= 0.3 is 0 Å². The number of nitrogens with zero attached hydrogens (tertiary/aromatic N) is 3. The zero-order valence-electron chi connectivity index (χ0n) is 15.4. The second-order valence-electron chi connectivity index (χ2n) is 7.21. The number of carbonyl (C=O) groups excluding carboxylic acids is 1. The van der Waals surface area contributed by atoms with E-state index in [0.717, 1.165) is 35.7 Å². The number of rotatable bonds is 4. The van der Waals surface area contributed by atoms with E-state index >= 15 is 0 Å². The number of hydrogen-bond acceptors (Lipinski definition) is 5. The van der Waals surface area contributed by atoms with Gasteiger partial charge in [-0.15, -0.1) is 11.3 Å². The number of halogens is 1. The van der Waals surface area contributed by atoms with Crippen LogP contribution in [-0.2, 0) is 14.8 Å². The van der Waals surface area contributed by atoms with E-state index in [-0.39, 0.29) is 16.9 Å². The third-order valence-corrected chi connectivity index (χ3v) is 8.79. The molecule has 1 aromatic heterocycles. The fraction of sp³-hybridized carbons (Fsp3) is 0.474. The second kappa shape index (κ2) is 8.22. The standard InChI is InChI=1S/C19H22BrN3O3S2/c20-16-7-5-14(6-8-16)18-21-17(13-27-18)28(25,26)23-11-9-22(10-12-23)19(24)15-3-1-2-4-15/h5-8,13,15H,1-4,9-12H2. The molecule has 1 saturated heterocycles. The SMILES string of the molecule is O=C(C1CCCC1)N1CCN(S(=O)(=O)c2csc(-c3ccc(Br)cc3)n2)CC1. The molecule has 0 spiro atoms. The molecule has 2 heterocycles. The predicted octanol–water partition coefficient (Wildman–Crippen LogP) is 3.60. The lowest BCUT2D eigenvalue weighted by molar-refractivity contribution is -0.136. The van der Waals surface area contributed by atoms with Gasteiger partial charge in [0, 0.05) is 47.5 Å². The molecule has 1 aliphatic carbocycles. The van der Waals surface area contributed by atoms with Gasteiger partial charge in [-0.3, -0.25) is 4.79 Å². The summed E-state index contributed by atoms with van der Waals surface area (Å²) in [6.45, 7) is 1.56. The van der Waals surface area contributed by atoms with E-state index in [9.17, 15) is 13.2 Å². The van der Waals surface area contributed by atoms with Gasteiger partial charge in [0.1, 0.15) is 5.01 Å². The van der Waals surface area contributed by atoms with E-state index in [1.54, 1.807) is 5.38 Å². The molecule has 0 radical (unpaired) electrons. The summed E-state index contributed by atoms with van der Waals surface area (Å²) < 4.78 is 28.4. The number of benzene rings is 1. The summed E-state index contributed by atoms with van der Waals surface area (Å²) >= 11 is 4.72. The maximum Gasteiger partial charge on any atom is 0.261 e. The van der Waals surface area contributed by atoms with Gasteiger partial charge in [-0.1, -0.05) is 40.9 Å². The molecule has 9 heteroatoms. The quantitative estimate of drug-likeness (QED) is 0.665. The second-order valence-corrected chi connectivity index (χ2v) is 10.9. The summed E-state index contributed by atoms with van der Waals surface area (Å²) in [5, 5.41) is 2.37. The largest absolute Gasteiger partial charge is 0.340 e. The van der Waals surface area contributed by atoms with Crippen LogP contribution < -0.4 is 0 Å². The average molecular weight is 484 g/mol. The van der Waals surface area contributed by atoms with Crippen molar-refractivity contribution in [3.63, 3.8) is 0 Å².